The SMILES string of the molecule is CCC(CN)CC(=O)NCCN(CC)CC. The quantitative estimate of drug-likeness (QED) is 0.615. The van der Waals surface area contributed by atoms with Gasteiger partial charge in [-0.15, -0.1) is 0 Å². The van der Waals surface area contributed by atoms with Gasteiger partial charge in [-0.2, -0.15) is 0 Å². The first-order chi connectivity index (χ1) is 7.67. The number of nitrogens with zero attached hydrogens (tertiary/aromatic N) is 1. The lowest BCUT2D eigenvalue weighted by atomic mass is 10.0. The summed E-state index contributed by atoms with van der Waals surface area (Å²) in [6.45, 7) is 10.7. The van der Waals surface area contributed by atoms with Crippen LogP contribution in [0.15, 0.2) is 0 Å². The van der Waals surface area contributed by atoms with E-state index in [-0.39, 0.29) is 5.91 Å². The minimum Gasteiger partial charge on any atom is -0.355 e. The van der Waals surface area contributed by atoms with Crippen LogP contribution in [0.1, 0.15) is 33.6 Å². The Kier molecular flexibility index (Phi) is 9.24. The first kappa shape index (κ1) is 15.4. The Hall–Kier alpha value is -0.610. The second kappa shape index (κ2) is 9.60. The van der Waals surface area contributed by atoms with Crippen molar-refractivity contribution in [2.24, 2.45) is 11.7 Å². The third-order valence-corrected chi connectivity index (χ3v) is 3.03. The van der Waals surface area contributed by atoms with Crippen molar-refractivity contribution in [3.63, 3.8) is 0 Å². The predicted molar refractivity (Wildman–Crippen MR) is 68.3 cm³/mol. The zero-order valence-corrected chi connectivity index (χ0v) is 11.0. The highest BCUT2D eigenvalue weighted by atomic mass is 16.1. The number of likely N-dealkylation sites (N-methyl/N-ethyl adjacent to an activating group) is 1. The molecule has 1 atom stereocenters. The molecule has 0 rings (SSSR count). The van der Waals surface area contributed by atoms with Crippen LogP contribution in [0.4, 0.5) is 0 Å². The second-order valence-electron chi connectivity index (χ2n) is 4.09. The van der Waals surface area contributed by atoms with E-state index in [2.05, 4.69) is 31.0 Å². The molecule has 1 amide bonds. The molecule has 3 N–H and O–H groups in total. The van der Waals surface area contributed by atoms with E-state index >= 15 is 0 Å². The van der Waals surface area contributed by atoms with Gasteiger partial charge in [0, 0.05) is 19.5 Å². The van der Waals surface area contributed by atoms with Crippen LogP contribution in [0.5, 0.6) is 0 Å². The first-order valence-corrected chi connectivity index (χ1v) is 6.36. The van der Waals surface area contributed by atoms with Gasteiger partial charge >= 0.3 is 0 Å². The van der Waals surface area contributed by atoms with Gasteiger partial charge in [0.1, 0.15) is 0 Å². The molecule has 1 unspecified atom stereocenters. The first-order valence-electron chi connectivity index (χ1n) is 6.36. The monoisotopic (exact) mass is 229 g/mol. The average molecular weight is 229 g/mol. The smallest absolute Gasteiger partial charge is 0.220 e. The zero-order valence-electron chi connectivity index (χ0n) is 11.0. The van der Waals surface area contributed by atoms with Crippen molar-refractivity contribution < 1.29 is 4.79 Å². The summed E-state index contributed by atoms with van der Waals surface area (Å²) in [6, 6.07) is 0. The summed E-state index contributed by atoms with van der Waals surface area (Å²) in [7, 11) is 0. The van der Waals surface area contributed by atoms with Crippen molar-refractivity contribution in [3.05, 3.63) is 0 Å². The molecule has 0 aromatic carbocycles. The van der Waals surface area contributed by atoms with Gasteiger partial charge in [0.2, 0.25) is 5.91 Å². The molecular formula is C12H27N3O. The van der Waals surface area contributed by atoms with Crippen LogP contribution in [0.2, 0.25) is 0 Å². The molecule has 0 aliphatic heterocycles. The van der Waals surface area contributed by atoms with Crippen LogP contribution < -0.4 is 11.1 Å². The van der Waals surface area contributed by atoms with E-state index in [0.29, 0.717) is 18.9 Å². The highest BCUT2D eigenvalue weighted by Gasteiger charge is 2.09. The molecule has 0 saturated carbocycles. The summed E-state index contributed by atoms with van der Waals surface area (Å²) >= 11 is 0. The number of hydrogen-bond acceptors (Lipinski definition) is 3. The van der Waals surface area contributed by atoms with Crippen molar-refractivity contribution in [3.8, 4) is 0 Å². The second-order valence-corrected chi connectivity index (χ2v) is 4.09. The largest absolute Gasteiger partial charge is 0.355 e. The molecule has 0 aromatic heterocycles. The Morgan fingerprint density at radius 3 is 2.38 bits per heavy atom. The van der Waals surface area contributed by atoms with Crippen molar-refractivity contribution in [2.75, 3.05) is 32.7 Å². The maximum absolute atomic E-state index is 11.5. The van der Waals surface area contributed by atoms with Crippen molar-refractivity contribution in [1.82, 2.24) is 10.2 Å². The molecule has 0 spiro atoms. The van der Waals surface area contributed by atoms with Crippen molar-refractivity contribution >= 4 is 5.91 Å². The number of nitrogens with one attached hydrogen (secondary N) is 1. The normalized spacial score (nSPS) is 12.8. The number of hydrogen-bond donors (Lipinski definition) is 2. The summed E-state index contributed by atoms with van der Waals surface area (Å²) in [4.78, 5) is 13.8. The summed E-state index contributed by atoms with van der Waals surface area (Å²) in [6.07, 6.45) is 1.53. The van der Waals surface area contributed by atoms with E-state index in [4.69, 9.17) is 5.73 Å². The van der Waals surface area contributed by atoms with Gasteiger partial charge in [0.15, 0.2) is 0 Å². The number of carbonyl (C=O) groups excluding carboxylic acids is 1. The van der Waals surface area contributed by atoms with Gasteiger partial charge in [-0.25, -0.2) is 0 Å². The zero-order chi connectivity index (χ0) is 12.4. The Balaban J connectivity index is 3.64. The van der Waals surface area contributed by atoms with Crippen LogP contribution in [0.25, 0.3) is 0 Å². The van der Waals surface area contributed by atoms with E-state index in [1.807, 2.05) is 0 Å². The van der Waals surface area contributed by atoms with Gasteiger partial charge < -0.3 is 16.0 Å². The molecule has 16 heavy (non-hydrogen) atoms. The van der Waals surface area contributed by atoms with Crippen LogP contribution in [-0.2, 0) is 4.79 Å². The lowest BCUT2D eigenvalue weighted by Crippen LogP contribution is -2.35. The standard InChI is InChI=1S/C12H27N3O/c1-4-11(10-13)9-12(16)14-7-8-15(5-2)6-3/h11H,4-10,13H2,1-3H3,(H,14,16). The summed E-state index contributed by atoms with van der Waals surface area (Å²) < 4.78 is 0. The molecule has 0 saturated heterocycles. The minimum absolute atomic E-state index is 0.129. The molecule has 0 aromatic rings. The van der Waals surface area contributed by atoms with Crippen LogP contribution >= 0.6 is 0 Å². The van der Waals surface area contributed by atoms with E-state index in [1.165, 1.54) is 0 Å². The van der Waals surface area contributed by atoms with Crippen LogP contribution in [-0.4, -0.2) is 43.5 Å². The van der Waals surface area contributed by atoms with Crippen molar-refractivity contribution in [2.45, 2.75) is 33.6 Å². The maximum atomic E-state index is 11.5. The molecule has 4 nitrogen and oxygen atoms in total. The Morgan fingerprint density at radius 2 is 1.94 bits per heavy atom. The molecule has 96 valence electrons. The van der Waals surface area contributed by atoms with Gasteiger partial charge in [-0.1, -0.05) is 27.2 Å². The summed E-state index contributed by atoms with van der Waals surface area (Å²) in [5, 5.41) is 2.94. The van der Waals surface area contributed by atoms with E-state index in [1.54, 1.807) is 0 Å². The number of nitrogens with two attached hydrogens (primary N) is 1. The number of carbonyl (C=O) groups is 1. The topological polar surface area (TPSA) is 58.4 Å². The van der Waals surface area contributed by atoms with E-state index in [9.17, 15) is 4.79 Å². The molecule has 0 radical (unpaired) electrons. The molecule has 0 fully saturated rings. The fourth-order valence-corrected chi connectivity index (χ4v) is 1.62. The van der Waals surface area contributed by atoms with Gasteiger partial charge in [0.25, 0.3) is 0 Å². The van der Waals surface area contributed by atoms with Crippen LogP contribution in [0.3, 0.4) is 0 Å². The van der Waals surface area contributed by atoms with E-state index < -0.39 is 0 Å². The third kappa shape index (κ3) is 6.80. The Labute approximate surface area is 99.6 Å². The highest BCUT2D eigenvalue weighted by Crippen LogP contribution is 2.04. The van der Waals surface area contributed by atoms with Gasteiger partial charge in [-0.05, 0) is 25.6 Å². The Bertz CT molecular complexity index is 177. The minimum atomic E-state index is 0.129. The molecule has 0 bridgehead atoms. The van der Waals surface area contributed by atoms with Crippen molar-refractivity contribution in [1.29, 1.82) is 0 Å². The van der Waals surface area contributed by atoms with E-state index in [0.717, 1.165) is 32.6 Å². The summed E-state index contributed by atoms with van der Waals surface area (Å²) in [5.74, 6) is 0.456. The highest BCUT2D eigenvalue weighted by molar-refractivity contribution is 5.76. The molecule has 4 heteroatoms. The predicted octanol–water partition coefficient (Wildman–Crippen LogP) is 0.819. The molecule has 0 heterocycles. The maximum Gasteiger partial charge on any atom is 0.220 e. The average Bonchev–Trinajstić information content (AvgIpc) is 2.31. The molecule has 0 aliphatic carbocycles. The third-order valence-electron chi connectivity index (χ3n) is 3.03. The number of amides is 1. The fourth-order valence-electron chi connectivity index (χ4n) is 1.62. The molecule has 0 aliphatic rings. The summed E-state index contributed by atoms with van der Waals surface area (Å²) in [5.41, 5.74) is 5.56. The lowest BCUT2D eigenvalue weighted by molar-refractivity contribution is -0.122. The number of rotatable bonds is 9. The Morgan fingerprint density at radius 1 is 1.31 bits per heavy atom. The molecular weight excluding hydrogens is 202 g/mol. The van der Waals surface area contributed by atoms with Gasteiger partial charge in [0.05, 0.1) is 0 Å². The fraction of sp³-hybridized carbons (Fsp3) is 0.917. The van der Waals surface area contributed by atoms with Gasteiger partial charge in [-0.3, -0.25) is 4.79 Å². The van der Waals surface area contributed by atoms with Crippen LogP contribution in [0, 0.1) is 5.92 Å². The lowest BCUT2D eigenvalue weighted by Gasteiger charge is -2.18.